The molecule has 0 spiro atoms. The Labute approximate surface area is 181 Å². The minimum atomic E-state index is -0.664. The fourth-order valence-electron chi connectivity index (χ4n) is 5.68. The molecule has 7 heteroatoms. The number of amides is 1. The van der Waals surface area contributed by atoms with E-state index in [1.165, 1.54) is 0 Å². The minimum absolute atomic E-state index is 0.0614. The van der Waals surface area contributed by atoms with Crippen molar-refractivity contribution in [1.82, 2.24) is 4.90 Å². The van der Waals surface area contributed by atoms with Crippen molar-refractivity contribution in [2.45, 2.75) is 36.8 Å². The van der Waals surface area contributed by atoms with Crippen molar-refractivity contribution in [1.29, 1.82) is 0 Å². The lowest BCUT2D eigenvalue weighted by atomic mass is 9.65. The van der Waals surface area contributed by atoms with Gasteiger partial charge in [0.05, 0.1) is 40.6 Å². The van der Waals surface area contributed by atoms with Crippen molar-refractivity contribution in [3.8, 4) is 34.1 Å². The lowest BCUT2D eigenvalue weighted by Gasteiger charge is -2.48. The van der Waals surface area contributed by atoms with Gasteiger partial charge in [0.2, 0.25) is 5.91 Å². The van der Waals surface area contributed by atoms with Gasteiger partial charge in [-0.05, 0) is 52.9 Å². The molecule has 2 heterocycles. The van der Waals surface area contributed by atoms with E-state index in [1.54, 1.807) is 28.4 Å². The maximum absolute atomic E-state index is 12.5. The Balaban J connectivity index is 1.77. The quantitative estimate of drug-likeness (QED) is 0.812. The summed E-state index contributed by atoms with van der Waals surface area (Å²) in [4.78, 5) is 14.4. The standard InChI is InChI=1S/C24H27NO6/c1-28-18-7-12-13-8-19(29-2)21(31-4)10-15(13)23-16(14(12)9-20(18)30-3)11-25-17(24(23)27)5-6-22(25)26/h7-10,16-17,23-24,27H,5-6,11H2,1-4H3. The van der Waals surface area contributed by atoms with Crippen LogP contribution in [0.25, 0.3) is 11.1 Å². The normalized spacial score (nSPS) is 25.8. The van der Waals surface area contributed by atoms with Crippen molar-refractivity contribution in [3.63, 3.8) is 0 Å². The fraction of sp³-hybridized carbons (Fsp3) is 0.458. The molecule has 1 amide bonds. The summed E-state index contributed by atoms with van der Waals surface area (Å²) < 4.78 is 22.3. The van der Waals surface area contributed by atoms with E-state index in [2.05, 4.69) is 0 Å². The average Bonchev–Trinajstić information content (AvgIpc) is 3.18. The molecule has 0 saturated carbocycles. The first kappa shape index (κ1) is 20.0. The molecule has 1 aliphatic carbocycles. The van der Waals surface area contributed by atoms with Gasteiger partial charge in [-0.15, -0.1) is 0 Å². The Kier molecular flexibility index (Phi) is 4.73. The number of carbonyl (C=O) groups is 1. The van der Waals surface area contributed by atoms with Gasteiger partial charge in [-0.25, -0.2) is 0 Å². The number of benzene rings is 2. The highest BCUT2D eigenvalue weighted by molar-refractivity contribution is 5.83. The van der Waals surface area contributed by atoms with Crippen LogP contribution in [-0.2, 0) is 4.79 Å². The van der Waals surface area contributed by atoms with Crippen LogP contribution in [0.2, 0.25) is 0 Å². The Morgan fingerprint density at radius 3 is 1.94 bits per heavy atom. The van der Waals surface area contributed by atoms with E-state index in [0.717, 1.165) is 22.3 Å². The van der Waals surface area contributed by atoms with E-state index in [-0.39, 0.29) is 23.8 Å². The van der Waals surface area contributed by atoms with Gasteiger partial charge in [-0.1, -0.05) is 0 Å². The third-order valence-corrected chi connectivity index (χ3v) is 7.12. The van der Waals surface area contributed by atoms with E-state index in [4.69, 9.17) is 18.9 Å². The van der Waals surface area contributed by atoms with Gasteiger partial charge >= 0.3 is 0 Å². The van der Waals surface area contributed by atoms with Gasteiger partial charge in [-0.2, -0.15) is 0 Å². The predicted molar refractivity (Wildman–Crippen MR) is 114 cm³/mol. The maximum Gasteiger partial charge on any atom is 0.223 e. The van der Waals surface area contributed by atoms with Gasteiger partial charge in [0, 0.05) is 24.8 Å². The number of piperidine rings is 1. The molecule has 2 aromatic carbocycles. The molecule has 4 atom stereocenters. The highest BCUT2D eigenvalue weighted by Gasteiger charge is 2.51. The van der Waals surface area contributed by atoms with Gasteiger partial charge in [-0.3, -0.25) is 4.79 Å². The molecule has 3 aliphatic rings. The summed E-state index contributed by atoms with van der Waals surface area (Å²) in [6.45, 7) is 0.571. The zero-order valence-corrected chi connectivity index (χ0v) is 18.2. The van der Waals surface area contributed by atoms with Crippen LogP contribution in [0.15, 0.2) is 24.3 Å². The zero-order chi connectivity index (χ0) is 21.9. The molecule has 0 radical (unpaired) electrons. The smallest absolute Gasteiger partial charge is 0.223 e. The molecule has 4 unspecified atom stereocenters. The summed E-state index contributed by atoms with van der Waals surface area (Å²) in [6, 6.07) is 7.74. The van der Waals surface area contributed by atoms with Crippen molar-refractivity contribution in [2.75, 3.05) is 35.0 Å². The molecule has 2 aliphatic heterocycles. The Bertz CT molecular complexity index is 1050. The summed E-state index contributed by atoms with van der Waals surface area (Å²) in [5, 5.41) is 11.5. The molecule has 0 bridgehead atoms. The SMILES string of the molecule is COc1cc2c(cc1OC)C1CN3C(=O)CCC3C(O)C1c1cc(OC)c(OC)cc1-2. The number of carbonyl (C=O) groups excluding carboxylic acids is 1. The second-order valence-electron chi connectivity index (χ2n) is 8.36. The zero-order valence-electron chi connectivity index (χ0n) is 18.2. The molecule has 2 fully saturated rings. The molecule has 5 rings (SSSR count). The van der Waals surface area contributed by atoms with Crippen LogP contribution in [0.4, 0.5) is 0 Å². The Morgan fingerprint density at radius 2 is 1.35 bits per heavy atom. The first-order valence-corrected chi connectivity index (χ1v) is 10.5. The number of aliphatic hydroxyl groups excluding tert-OH is 1. The molecular weight excluding hydrogens is 398 g/mol. The Morgan fingerprint density at radius 1 is 0.839 bits per heavy atom. The number of methoxy groups -OCH3 is 4. The minimum Gasteiger partial charge on any atom is -0.493 e. The number of hydrogen-bond donors (Lipinski definition) is 1. The van der Waals surface area contributed by atoms with E-state index >= 15 is 0 Å². The Hall–Kier alpha value is -2.93. The van der Waals surface area contributed by atoms with Crippen LogP contribution in [0.5, 0.6) is 23.0 Å². The van der Waals surface area contributed by atoms with Crippen molar-refractivity contribution >= 4 is 5.91 Å². The topological polar surface area (TPSA) is 77.5 Å². The van der Waals surface area contributed by atoms with Crippen molar-refractivity contribution in [2.24, 2.45) is 0 Å². The van der Waals surface area contributed by atoms with Crippen LogP contribution in [0, 0.1) is 0 Å². The van der Waals surface area contributed by atoms with Crippen molar-refractivity contribution < 1.29 is 28.8 Å². The van der Waals surface area contributed by atoms with Gasteiger partial charge < -0.3 is 29.0 Å². The summed E-state index contributed by atoms with van der Waals surface area (Å²) in [5.41, 5.74) is 4.02. The highest BCUT2D eigenvalue weighted by Crippen LogP contribution is 2.56. The summed E-state index contributed by atoms with van der Waals surface area (Å²) in [6.07, 6.45) is 0.506. The first-order chi connectivity index (χ1) is 15.0. The highest BCUT2D eigenvalue weighted by atomic mass is 16.5. The second kappa shape index (κ2) is 7.34. The summed E-state index contributed by atoms with van der Waals surface area (Å²) in [7, 11) is 6.45. The predicted octanol–water partition coefficient (Wildman–Crippen LogP) is 2.93. The van der Waals surface area contributed by atoms with Crippen LogP contribution >= 0.6 is 0 Å². The lowest BCUT2D eigenvalue weighted by Crippen LogP contribution is -2.53. The number of nitrogens with zero attached hydrogens (tertiary/aromatic N) is 1. The summed E-state index contributed by atoms with van der Waals surface area (Å²) >= 11 is 0. The summed E-state index contributed by atoms with van der Waals surface area (Å²) in [5.74, 6) is 2.41. The maximum atomic E-state index is 12.5. The van der Waals surface area contributed by atoms with E-state index in [0.29, 0.717) is 42.4 Å². The largest absolute Gasteiger partial charge is 0.493 e. The average molecular weight is 425 g/mol. The molecular formula is C24H27NO6. The number of hydrogen-bond acceptors (Lipinski definition) is 6. The van der Waals surface area contributed by atoms with Gasteiger partial charge in [0.1, 0.15) is 0 Å². The third kappa shape index (κ3) is 2.79. The molecule has 164 valence electrons. The van der Waals surface area contributed by atoms with E-state index in [9.17, 15) is 9.90 Å². The molecule has 2 aromatic rings. The number of aliphatic hydroxyl groups is 1. The molecule has 31 heavy (non-hydrogen) atoms. The monoisotopic (exact) mass is 425 g/mol. The van der Waals surface area contributed by atoms with Crippen LogP contribution in [0.1, 0.15) is 35.8 Å². The molecule has 7 nitrogen and oxygen atoms in total. The van der Waals surface area contributed by atoms with Crippen LogP contribution < -0.4 is 18.9 Å². The van der Waals surface area contributed by atoms with Crippen molar-refractivity contribution in [3.05, 3.63) is 35.4 Å². The molecule has 2 saturated heterocycles. The van der Waals surface area contributed by atoms with Gasteiger partial charge in [0.15, 0.2) is 23.0 Å². The number of fused-ring (bicyclic) bond motifs is 7. The van der Waals surface area contributed by atoms with E-state index < -0.39 is 6.10 Å². The molecule has 1 N–H and O–H groups in total. The fourth-order valence-corrected chi connectivity index (χ4v) is 5.68. The van der Waals surface area contributed by atoms with E-state index in [1.807, 2.05) is 29.2 Å². The van der Waals surface area contributed by atoms with Crippen LogP contribution in [0.3, 0.4) is 0 Å². The first-order valence-electron chi connectivity index (χ1n) is 10.5. The number of ether oxygens (including phenoxy) is 4. The van der Waals surface area contributed by atoms with Crippen LogP contribution in [-0.4, -0.2) is 63.0 Å². The second-order valence-corrected chi connectivity index (χ2v) is 8.36. The number of rotatable bonds is 4. The third-order valence-electron chi connectivity index (χ3n) is 7.12. The van der Waals surface area contributed by atoms with Gasteiger partial charge in [0.25, 0.3) is 0 Å². The molecule has 0 aromatic heterocycles. The lowest BCUT2D eigenvalue weighted by molar-refractivity contribution is -0.133.